The Morgan fingerprint density at radius 2 is 2.44 bits per heavy atom. The van der Waals surface area contributed by atoms with Gasteiger partial charge in [-0.1, -0.05) is 6.92 Å². The molecule has 1 fully saturated rings. The highest BCUT2D eigenvalue weighted by Crippen LogP contribution is 2.15. The first-order valence-electron chi connectivity index (χ1n) is 6.62. The average molecular weight is 266 g/mol. The van der Waals surface area contributed by atoms with E-state index >= 15 is 0 Å². The molecular weight excluding hydrogens is 244 g/mol. The normalized spacial score (nSPS) is 20.9. The molecule has 1 aliphatic heterocycles. The molecule has 1 amide bonds. The van der Waals surface area contributed by atoms with Crippen molar-refractivity contribution in [1.82, 2.24) is 9.80 Å². The summed E-state index contributed by atoms with van der Waals surface area (Å²) in [6.07, 6.45) is 2.53. The minimum atomic E-state index is 0.232. The highest BCUT2D eigenvalue weighted by atomic mass is 32.1. The maximum Gasteiger partial charge on any atom is 0.236 e. The van der Waals surface area contributed by atoms with E-state index in [0.29, 0.717) is 6.54 Å². The number of nitrogens with zero attached hydrogens (tertiary/aromatic N) is 2. The molecule has 1 aromatic rings. The fraction of sp³-hybridized carbons (Fsp3) is 0.643. The molecule has 0 bridgehead atoms. The number of amides is 1. The third kappa shape index (κ3) is 3.82. The van der Waals surface area contributed by atoms with Crippen LogP contribution in [0.4, 0.5) is 0 Å². The quantitative estimate of drug-likeness (QED) is 0.835. The molecule has 0 spiro atoms. The Hall–Kier alpha value is -0.870. The molecule has 100 valence electrons. The van der Waals surface area contributed by atoms with Gasteiger partial charge in [-0.15, -0.1) is 0 Å². The van der Waals surface area contributed by atoms with Gasteiger partial charge in [-0.25, -0.2) is 0 Å². The third-order valence-corrected chi connectivity index (χ3v) is 4.26. The van der Waals surface area contributed by atoms with Crippen molar-refractivity contribution in [3.63, 3.8) is 0 Å². The van der Waals surface area contributed by atoms with Crippen LogP contribution in [0.25, 0.3) is 0 Å². The van der Waals surface area contributed by atoms with E-state index in [0.717, 1.165) is 25.6 Å². The van der Waals surface area contributed by atoms with Crippen molar-refractivity contribution in [3.05, 3.63) is 22.4 Å². The fourth-order valence-corrected chi connectivity index (χ4v) is 3.15. The maximum absolute atomic E-state index is 12.1. The van der Waals surface area contributed by atoms with Crippen LogP contribution in [0.1, 0.15) is 25.3 Å². The van der Waals surface area contributed by atoms with E-state index in [1.807, 2.05) is 11.9 Å². The second-order valence-electron chi connectivity index (χ2n) is 5.36. The number of hydrogen-bond donors (Lipinski definition) is 0. The van der Waals surface area contributed by atoms with Crippen LogP contribution in [-0.4, -0.2) is 42.4 Å². The van der Waals surface area contributed by atoms with E-state index in [4.69, 9.17) is 0 Å². The summed E-state index contributed by atoms with van der Waals surface area (Å²) in [7, 11) is 1.90. The van der Waals surface area contributed by atoms with E-state index in [1.54, 1.807) is 11.3 Å². The van der Waals surface area contributed by atoms with Crippen molar-refractivity contribution in [3.8, 4) is 0 Å². The summed E-state index contributed by atoms with van der Waals surface area (Å²) >= 11 is 1.68. The molecule has 3 nitrogen and oxygen atoms in total. The molecule has 1 saturated heterocycles. The Morgan fingerprint density at radius 1 is 1.61 bits per heavy atom. The van der Waals surface area contributed by atoms with Crippen LogP contribution in [0.5, 0.6) is 0 Å². The number of likely N-dealkylation sites (N-methyl/N-ethyl adjacent to an activating group) is 1. The lowest BCUT2D eigenvalue weighted by Crippen LogP contribution is -2.42. The Morgan fingerprint density at radius 3 is 3.11 bits per heavy atom. The van der Waals surface area contributed by atoms with Crippen molar-refractivity contribution >= 4 is 17.2 Å². The van der Waals surface area contributed by atoms with Gasteiger partial charge in [0, 0.05) is 20.1 Å². The zero-order chi connectivity index (χ0) is 13.0. The first-order chi connectivity index (χ1) is 8.65. The predicted molar refractivity (Wildman–Crippen MR) is 75.6 cm³/mol. The van der Waals surface area contributed by atoms with Crippen LogP contribution in [0, 0.1) is 5.92 Å². The lowest BCUT2D eigenvalue weighted by Gasteiger charge is -2.31. The minimum Gasteiger partial charge on any atom is -0.340 e. The molecule has 0 N–H and O–H groups in total. The number of piperidine rings is 1. The monoisotopic (exact) mass is 266 g/mol. The summed E-state index contributed by atoms with van der Waals surface area (Å²) < 4.78 is 0. The van der Waals surface area contributed by atoms with E-state index in [-0.39, 0.29) is 5.91 Å². The molecule has 1 atom stereocenters. The number of carbonyl (C=O) groups excluding carboxylic acids is 1. The molecule has 2 heterocycles. The van der Waals surface area contributed by atoms with Crippen LogP contribution in [0.15, 0.2) is 16.8 Å². The molecule has 0 aliphatic carbocycles. The van der Waals surface area contributed by atoms with Gasteiger partial charge in [0.2, 0.25) is 5.91 Å². The van der Waals surface area contributed by atoms with E-state index in [2.05, 4.69) is 28.7 Å². The highest BCUT2D eigenvalue weighted by Gasteiger charge is 2.20. The fourth-order valence-electron chi connectivity index (χ4n) is 2.49. The van der Waals surface area contributed by atoms with E-state index < -0.39 is 0 Å². The van der Waals surface area contributed by atoms with Gasteiger partial charge in [0.05, 0.1) is 6.54 Å². The number of thiophene rings is 1. The third-order valence-electron chi connectivity index (χ3n) is 3.53. The summed E-state index contributed by atoms with van der Waals surface area (Å²) in [5.74, 6) is 0.962. The molecule has 2 rings (SSSR count). The molecule has 0 aromatic carbocycles. The second kappa shape index (κ2) is 6.34. The maximum atomic E-state index is 12.1. The van der Waals surface area contributed by atoms with Gasteiger partial charge in [0.25, 0.3) is 0 Å². The summed E-state index contributed by atoms with van der Waals surface area (Å²) in [4.78, 5) is 16.3. The van der Waals surface area contributed by atoms with Crippen LogP contribution in [-0.2, 0) is 11.3 Å². The van der Waals surface area contributed by atoms with E-state index in [1.165, 1.54) is 18.4 Å². The molecule has 1 aromatic heterocycles. The number of likely N-dealkylation sites (tertiary alicyclic amines) is 1. The number of rotatable bonds is 4. The van der Waals surface area contributed by atoms with Crippen molar-refractivity contribution in [1.29, 1.82) is 0 Å². The molecule has 0 unspecified atom stereocenters. The second-order valence-corrected chi connectivity index (χ2v) is 6.14. The first-order valence-corrected chi connectivity index (χ1v) is 7.57. The van der Waals surface area contributed by atoms with Crippen LogP contribution < -0.4 is 0 Å². The Bertz CT molecular complexity index is 377. The Kier molecular flexibility index (Phi) is 4.78. The molecule has 18 heavy (non-hydrogen) atoms. The lowest BCUT2D eigenvalue weighted by molar-refractivity contribution is -0.132. The Balaban J connectivity index is 1.79. The van der Waals surface area contributed by atoms with Crippen LogP contribution >= 0.6 is 11.3 Å². The van der Waals surface area contributed by atoms with Gasteiger partial charge in [-0.3, -0.25) is 9.69 Å². The predicted octanol–water partition coefficient (Wildman–Crippen LogP) is 2.44. The standard InChI is InChI=1S/C14H22N2OS/c1-12-4-3-6-16(8-12)10-14(17)15(2)9-13-5-7-18-11-13/h5,7,11-12H,3-4,6,8-10H2,1-2H3/t12-/m1/s1. The van der Waals surface area contributed by atoms with Crippen molar-refractivity contribution in [2.45, 2.75) is 26.3 Å². The molecular formula is C14H22N2OS. The molecule has 1 aliphatic rings. The SMILES string of the molecule is C[C@@H]1CCCN(CC(=O)N(C)Cc2ccsc2)C1. The van der Waals surface area contributed by atoms with Crippen LogP contribution in [0.3, 0.4) is 0 Å². The summed E-state index contributed by atoms with van der Waals surface area (Å²) in [6.45, 7) is 5.71. The highest BCUT2D eigenvalue weighted by molar-refractivity contribution is 7.07. The zero-order valence-electron chi connectivity index (χ0n) is 11.3. The summed E-state index contributed by atoms with van der Waals surface area (Å²) in [6, 6.07) is 2.08. The number of hydrogen-bond acceptors (Lipinski definition) is 3. The summed E-state index contributed by atoms with van der Waals surface area (Å²) in [5.41, 5.74) is 1.22. The van der Waals surface area contributed by atoms with Gasteiger partial charge in [-0.2, -0.15) is 11.3 Å². The topological polar surface area (TPSA) is 23.6 Å². The van der Waals surface area contributed by atoms with Crippen LogP contribution in [0.2, 0.25) is 0 Å². The Labute approximate surface area is 113 Å². The average Bonchev–Trinajstić information content (AvgIpc) is 2.81. The molecule has 4 heteroatoms. The van der Waals surface area contributed by atoms with Crippen molar-refractivity contribution in [2.24, 2.45) is 5.92 Å². The van der Waals surface area contributed by atoms with E-state index in [9.17, 15) is 4.79 Å². The minimum absolute atomic E-state index is 0.232. The molecule has 0 radical (unpaired) electrons. The largest absolute Gasteiger partial charge is 0.340 e. The first kappa shape index (κ1) is 13.6. The lowest BCUT2D eigenvalue weighted by atomic mass is 10.0. The summed E-state index contributed by atoms with van der Waals surface area (Å²) in [5, 5.41) is 4.16. The smallest absolute Gasteiger partial charge is 0.236 e. The van der Waals surface area contributed by atoms with Gasteiger partial charge < -0.3 is 4.90 Å². The van der Waals surface area contributed by atoms with Crippen molar-refractivity contribution < 1.29 is 4.79 Å². The molecule has 0 saturated carbocycles. The van der Waals surface area contributed by atoms with Crippen molar-refractivity contribution in [2.75, 3.05) is 26.7 Å². The van der Waals surface area contributed by atoms with Gasteiger partial charge in [0.15, 0.2) is 0 Å². The zero-order valence-corrected chi connectivity index (χ0v) is 12.1. The number of carbonyl (C=O) groups is 1. The van der Waals surface area contributed by atoms with Gasteiger partial charge in [-0.05, 0) is 47.7 Å². The van der Waals surface area contributed by atoms with Gasteiger partial charge in [0.1, 0.15) is 0 Å². The van der Waals surface area contributed by atoms with Gasteiger partial charge >= 0.3 is 0 Å².